The van der Waals surface area contributed by atoms with Crippen molar-refractivity contribution in [3.63, 3.8) is 0 Å². The lowest BCUT2D eigenvalue weighted by atomic mass is 10.2. The van der Waals surface area contributed by atoms with Gasteiger partial charge < -0.3 is 15.2 Å². The van der Waals surface area contributed by atoms with E-state index < -0.39 is 5.97 Å². The molecule has 2 N–H and O–H groups in total. The van der Waals surface area contributed by atoms with Crippen molar-refractivity contribution in [2.24, 2.45) is 0 Å². The first kappa shape index (κ1) is 12.8. The fourth-order valence-corrected chi connectivity index (χ4v) is 2.15. The number of nitrogens with one attached hydrogen (secondary N) is 1. The summed E-state index contributed by atoms with van der Waals surface area (Å²) in [6.07, 6.45) is 2.95. The Bertz CT molecular complexity index is 197. The summed E-state index contributed by atoms with van der Waals surface area (Å²) in [6, 6.07) is 0.0858. The minimum atomic E-state index is -0.728. The molecule has 0 amide bonds. The third-order valence-corrected chi connectivity index (χ3v) is 3.27. The maximum Gasteiger partial charge on any atom is 0.320 e. The van der Waals surface area contributed by atoms with Crippen molar-refractivity contribution in [2.75, 3.05) is 25.2 Å². The van der Waals surface area contributed by atoms with Crippen LogP contribution in [0.25, 0.3) is 0 Å². The molecule has 0 aromatic carbocycles. The van der Waals surface area contributed by atoms with Crippen LogP contribution >= 0.6 is 11.8 Å². The maximum atomic E-state index is 10.9. The van der Waals surface area contributed by atoms with Crippen molar-refractivity contribution in [3.05, 3.63) is 0 Å². The normalized spacial score (nSPS) is 17.7. The van der Waals surface area contributed by atoms with E-state index in [1.54, 1.807) is 18.9 Å². The Balaban J connectivity index is 2.05. The van der Waals surface area contributed by atoms with E-state index in [0.717, 1.165) is 31.0 Å². The maximum absolute atomic E-state index is 10.9. The van der Waals surface area contributed by atoms with Gasteiger partial charge in [-0.3, -0.25) is 4.79 Å². The van der Waals surface area contributed by atoms with Crippen LogP contribution < -0.4 is 5.32 Å². The highest BCUT2D eigenvalue weighted by Crippen LogP contribution is 2.20. The van der Waals surface area contributed by atoms with Gasteiger partial charge in [-0.1, -0.05) is 0 Å². The molecule has 88 valence electrons. The monoisotopic (exact) mass is 233 g/mol. The van der Waals surface area contributed by atoms with Gasteiger partial charge in [-0.2, -0.15) is 11.8 Å². The van der Waals surface area contributed by atoms with Gasteiger partial charge in [0.25, 0.3) is 0 Å². The lowest BCUT2D eigenvalue weighted by molar-refractivity contribution is -0.139. The minimum absolute atomic E-state index is 0.368. The molecule has 0 bridgehead atoms. The van der Waals surface area contributed by atoms with E-state index in [1.807, 2.05) is 0 Å². The average Bonchev–Trinajstić information content (AvgIpc) is 2.99. The Labute approximate surface area is 94.8 Å². The second kappa shape index (κ2) is 7.09. The number of thioether (sulfide) groups is 1. The van der Waals surface area contributed by atoms with Gasteiger partial charge in [-0.05, 0) is 25.0 Å². The van der Waals surface area contributed by atoms with Gasteiger partial charge in [0.1, 0.15) is 6.04 Å². The summed E-state index contributed by atoms with van der Waals surface area (Å²) in [6.45, 7) is 0.735. The van der Waals surface area contributed by atoms with Gasteiger partial charge in [0.2, 0.25) is 0 Å². The summed E-state index contributed by atoms with van der Waals surface area (Å²) in [5.41, 5.74) is 0. The molecule has 0 aliphatic heterocycles. The Morgan fingerprint density at radius 3 is 2.87 bits per heavy atom. The molecule has 1 fully saturated rings. The molecule has 15 heavy (non-hydrogen) atoms. The molecular formula is C10H19NO3S. The summed E-state index contributed by atoms with van der Waals surface area (Å²) in [7, 11) is 1.68. The van der Waals surface area contributed by atoms with Crippen molar-refractivity contribution in [2.45, 2.75) is 31.3 Å². The number of aliphatic carboxylic acids is 1. The quantitative estimate of drug-likeness (QED) is 0.581. The van der Waals surface area contributed by atoms with E-state index in [1.165, 1.54) is 0 Å². The van der Waals surface area contributed by atoms with Gasteiger partial charge in [-0.25, -0.2) is 0 Å². The zero-order valence-corrected chi connectivity index (χ0v) is 9.89. The van der Waals surface area contributed by atoms with E-state index >= 15 is 0 Å². The first-order valence-corrected chi connectivity index (χ1v) is 6.45. The SMILES string of the molecule is COCCSCCC(NC1CC1)C(=O)O. The lowest BCUT2D eigenvalue weighted by Crippen LogP contribution is -2.38. The average molecular weight is 233 g/mol. The van der Waals surface area contributed by atoms with Crippen LogP contribution in [0, 0.1) is 0 Å². The van der Waals surface area contributed by atoms with Crippen molar-refractivity contribution in [3.8, 4) is 0 Å². The molecule has 1 rings (SSSR count). The third kappa shape index (κ3) is 6.02. The third-order valence-electron chi connectivity index (χ3n) is 2.29. The van der Waals surface area contributed by atoms with Crippen LogP contribution in [0.3, 0.4) is 0 Å². The second-order valence-corrected chi connectivity index (χ2v) is 4.95. The van der Waals surface area contributed by atoms with E-state index in [4.69, 9.17) is 9.84 Å². The van der Waals surface area contributed by atoms with E-state index in [0.29, 0.717) is 12.5 Å². The number of hydrogen-bond donors (Lipinski definition) is 2. The van der Waals surface area contributed by atoms with E-state index in [9.17, 15) is 4.79 Å². The molecule has 0 aromatic heterocycles. The zero-order chi connectivity index (χ0) is 11.1. The molecule has 0 heterocycles. The summed E-state index contributed by atoms with van der Waals surface area (Å²) in [5, 5.41) is 12.1. The van der Waals surface area contributed by atoms with Gasteiger partial charge in [0, 0.05) is 18.9 Å². The molecule has 0 aromatic rings. The van der Waals surface area contributed by atoms with Crippen LogP contribution in [0.2, 0.25) is 0 Å². The van der Waals surface area contributed by atoms with Gasteiger partial charge in [0.05, 0.1) is 6.61 Å². The minimum Gasteiger partial charge on any atom is -0.480 e. The van der Waals surface area contributed by atoms with Crippen LogP contribution in [0.4, 0.5) is 0 Å². The number of rotatable bonds is 9. The van der Waals surface area contributed by atoms with E-state index in [-0.39, 0.29) is 6.04 Å². The number of carbonyl (C=O) groups is 1. The van der Waals surface area contributed by atoms with Crippen LogP contribution in [-0.4, -0.2) is 48.4 Å². The van der Waals surface area contributed by atoms with Gasteiger partial charge in [-0.15, -0.1) is 0 Å². The predicted molar refractivity (Wildman–Crippen MR) is 61.4 cm³/mol. The lowest BCUT2D eigenvalue weighted by Gasteiger charge is -2.13. The van der Waals surface area contributed by atoms with Crippen molar-refractivity contribution < 1.29 is 14.6 Å². The largest absolute Gasteiger partial charge is 0.480 e. The second-order valence-electron chi connectivity index (χ2n) is 3.73. The molecule has 4 nitrogen and oxygen atoms in total. The van der Waals surface area contributed by atoms with Crippen LogP contribution in [-0.2, 0) is 9.53 Å². The first-order valence-electron chi connectivity index (χ1n) is 5.29. The molecule has 0 saturated heterocycles. The molecule has 1 atom stereocenters. The molecule has 1 aliphatic carbocycles. The van der Waals surface area contributed by atoms with Crippen LogP contribution in [0.15, 0.2) is 0 Å². The number of methoxy groups -OCH3 is 1. The Morgan fingerprint density at radius 1 is 1.60 bits per heavy atom. The van der Waals surface area contributed by atoms with Crippen molar-refractivity contribution >= 4 is 17.7 Å². The van der Waals surface area contributed by atoms with Gasteiger partial charge >= 0.3 is 5.97 Å². The van der Waals surface area contributed by atoms with Crippen LogP contribution in [0.5, 0.6) is 0 Å². The van der Waals surface area contributed by atoms with Crippen molar-refractivity contribution in [1.82, 2.24) is 5.32 Å². The highest BCUT2D eigenvalue weighted by Gasteiger charge is 2.27. The summed E-state index contributed by atoms with van der Waals surface area (Å²) < 4.78 is 4.92. The molecule has 5 heteroatoms. The number of carboxylic acid groups (broad SMARTS) is 1. The molecule has 0 radical (unpaired) electrons. The fraction of sp³-hybridized carbons (Fsp3) is 0.900. The summed E-state index contributed by atoms with van der Waals surface area (Å²) in [5.74, 6) is 1.08. The molecule has 0 spiro atoms. The van der Waals surface area contributed by atoms with Gasteiger partial charge in [0.15, 0.2) is 0 Å². The molecular weight excluding hydrogens is 214 g/mol. The topological polar surface area (TPSA) is 58.6 Å². The Hall–Kier alpha value is -0.260. The Kier molecular flexibility index (Phi) is 6.05. The zero-order valence-electron chi connectivity index (χ0n) is 9.07. The molecule has 1 saturated carbocycles. The predicted octanol–water partition coefficient (Wildman–Crippen LogP) is 0.961. The number of carboxylic acids is 1. The number of ether oxygens (including phenoxy) is 1. The fourth-order valence-electron chi connectivity index (χ4n) is 1.26. The number of hydrogen-bond acceptors (Lipinski definition) is 4. The van der Waals surface area contributed by atoms with Crippen LogP contribution in [0.1, 0.15) is 19.3 Å². The van der Waals surface area contributed by atoms with Crippen molar-refractivity contribution in [1.29, 1.82) is 0 Å². The smallest absolute Gasteiger partial charge is 0.320 e. The standard InChI is InChI=1S/C10H19NO3S/c1-14-5-7-15-6-4-9(10(12)13)11-8-2-3-8/h8-9,11H,2-7H2,1H3,(H,12,13). The highest BCUT2D eigenvalue weighted by molar-refractivity contribution is 7.99. The molecule has 1 aliphatic rings. The molecule has 1 unspecified atom stereocenters. The Morgan fingerprint density at radius 2 is 2.33 bits per heavy atom. The first-order chi connectivity index (χ1) is 7.24. The van der Waals surface area contributed by atoms with E-state index in [2.05, 4.69) is 5.32 Å². The summed E-state index contributed by atoms with van der Waals surface area (Å²) >= 11 is 1.74. The summed E-state index contributed by atoms with van der Waals surface area (Å²) in [4.78, 5) is 10.9. The highest BCUT2D eigenvalue weighted by atomic mass is 32.2.